The summed E-state index contributed by atoms with van der Waals surface area (Å²) in [5.74, 6) is -0.613. The molecule has 0 radical (unpaired) electrons. The first-order valence-electron chi connectivity index (χ1n) is 13.5. The first-order valence-corrected chi connectivity index (χ1v) is 13.5. The van der Waals surface area contributed by atoms with E-state index in [9.17, 15) is 9.59 Å². The van der Waals surface area contributed by atoms with E-state index in [0.29, 0.717) is 18.8 Å². The Balaban J connectivity index is -0.000000769. The van der Waals surface area contributed by atoms with Crippen LogP contribution in [0.15, 0.2) is 37.5 Å². The molecule has 0 aromatic carbocycles. The number of carbonyl (C=O) groups is 2. The maximum absolute atomic E-state index is 11.2. The second-order valence-corrected chi connectivity index (χ2v) is 8.51. The van der Waals surface area contributed by atoms with Crippen molar-refractivity contribution in [3.05, 3.63) is 37.5 Å². The van der Waals surface area contributed by atoms with Gasteiger partial charge in [-0.25, -0.2) is 9.59 Å². The van der Waals surface area contributed by atoms with E-state index in [2.05, 4.69) is 31.4 Å². The summed E-state index contributed by atoms with van der Waals surface area (Å²) >= 11 is 0. The maximum Gasteiger partial charge on any atom is 0.333 e. The van der Waals surface area contributed by atoms with E-state index in [1.165, 1.54) is 102 Å². The molecule has 0 fully saturated rings. The molecule has 0 atom stereocenters. The SMILES string of the molecule is C=C(C)C(=O)OCCCCCCCCCCCCCCCCCC.C=CC#N.C=CC(=O)OCC. The molecule has 0 saturated heterocycles. The Morgan fingerprint density at radius 2 is 1.11 bits per heavy atom. The quantitative estimate of drug-likeness (QED) is 0.0736. The minimum absolute atomic E-state index is 0.254. The number of ether oxygens (including phenoxy) is 2. The molecule has 0 aromatic rings. The molecule has 0 bridgehead atoms. The van der Waals surface area contributed by atoms with Crippen LogP contribution in [0.2, 0.25) is 0 Å². The third-order valence-electron chi connectivity index (χ3n) is 5.12. The second kappa shape index (κ2) is 33.8. The summed E-state index contributed by atoms with van der Waals surface area (Å²) < 4.78 is 9.52. The number of nitrogens with zero attached hydrogens (tertiary/aromatic N) is 1. The topological polar surface area (TPSA) is 76.4 Å². The van der Waals surface area contributed by atoms with Crippen molar-refractivity contribution in [2.75, 3.05) is 13.2 Å². The normalized spacial score (nSPS) is 9.31. The number of hydrogen-bond donors (Lipinski definition) is 0. The van der Waals surface area contributed by atoms with Gasteiger partial charge in [0, 0.05) is 17.7 Å². The Morgan fingerprint density at radius 1 is 0.743 bits per heavy atom. The Bertz CT molecular complexity index is 563. The molecule has 0 aromatic heterocycles. The van der Waals surface area contributed by atoms with Gasteiger partial charge in [-0.1, -0.05) is 123 Å². The highest BCUT2D eigenvalue weighted by molar-refractivity contribution is 5.86. The summed E-state index contributed by atoms with van der Waals surface area (Å²) in [4.78, 5) is 21.3. The lowest BCUT2D eigenvalue weighted by molar-refractivity contribution is -0.139. The Morgan fingerprint density at radius 3 is 1.37 bits per heavy atom. The second-order valence-electron chi connectivity index (χ2n) is 8.51. The van der Waals surface area contributed by atoms with Crippen LogP contribution in [0.25, 0.3) is 0 Å². The summed E-state index contributed by atoms with van der Waals surface area (Å²) in [5.41, 5.74) is 0.492. The van der Waals surface area contributed by atoms with Gasteiger partial charge in [0.2, 0.25) is 0 Å². The summed E-state index contributed by atoms with van der Waals surface area (Å²) in [7, 11) is 0. The number of carbonyl (C=O) groups excluding carboxylic acids is 2. The molecular formula is C30H53NO4. The van der Waals surface area contributed by atoms with Crippen molar-refractivity contribution in [2.24, 2.45) is 0 Å². The number of rotatable bonds is 20. The lowest BCUT2D eigenvalue weighted by atomic mass is 10.0. The number of nitriles is 1. The van der Waals surface area contributed by atoms with Gasteiger partial charge in [-0.15, -0.1) is 0 Å². The van der Waals surface area contributed by atoms with E-state index in [1.54, 1.807) is 19.9 Å². The molecule has 0 spiro atoms. The van der Waals surface area contributed by atoms with Crippen LogP contribution in [0, 0.1) is 11.3 Å². The van der Waals surface area contributed by atoms with Crippen LogP contribution in [0.3, 0.4) is 0 Å². The molecule has 35 heavy (non-hydrogen) atoms. The van der Waals surface area contributed by atoms with Crippen molar-refractivity contribution >= 4 is 11.9 Å². The number of allylic oxidation sites excluding steroid dienone is 1. The van der Waals surface area contributed by atoms with Crippen molar-refractivity contribution in [3.63, 3.8) is 0 Å². The zero-order valence-corrected chi connectivity index (χ0v) is 23.1. The summed E-state index contributed by atoms with van der Waals surface area (Å²) in [6, 6.07) is 1.69. The lowest BCUT2D eigenvalue weighted by Crippen LogP contribution is -2.05. The molecule has 5 nitrogen and oxygen atoms in total. The van der Waals surface area contributed by atoms with Crippen molar-refractivity contribution in [1.29, 1.82) is 5.26 Å². The molecule has 0 saturated carbocycles. The van der Waals surface area contributed by atoms with E-state index in [-0.39, 0.29) is 11.9 Å². The molecule has 0 rings (SSSR count). The number of unbranched alkanes of at least 4 members (excludes halogenated alkanes) is 15. The van der Waals surface area contributed by atoms with Gasteiger partial charge in [0.05, 0.1) is 19.3 Å². The van der Waals surface area contributed by atoms with E-state index in [0.717, 1.165) is 12.5 Å². The average Bonchev–Trinajstić information content (AvgIpc) is 2.86. The predicted molar refractivity (Wildman–Crippen MR) is 148 cm³/mol. The fourth-order valence-corrected chi connectivity index (χ4v) is 3.14. The predicted octanol–water partition coefficient (Wildman–Crippen LogP) is 8.80. The van der Waals surface area contributed by atoms with Gasteiger partial charge in [-0.05, 0) is 20.3 Å². The summed E-state index contributed by atoms with van der Waals surface area (Å²) in [5, 5.41) is 7.51. The van der Waals surface area contributed by atoms with Crippen LogP contribution in [0.1, 0.15) is 124 Å². The Labute approximate surface area is 216 Å². The van der Waals surface area contributed by atoms with Crippen molar-refractivity contribution in [2.45, 2.75) is 124 Å². The average molecular weight is 492 g/mol. The number of esters is 2. The zero-order chi connectivity index (χ0) is 27.0. The largest absolute Gasteiger partial charge is 0.463 e. The zero-order valence-electron chi connectivity index (χ0n) is 23.1. The third-order valence-corrected chi connectivity index (χ3v) is 5.12. The van der Waals surface area contributed by atoms with Gasteiger partial charge in [-0.3, -0.25) is 0 Å². The molecule has 202 valence electrons. The highest BCUT2D eigenvalue weighted by Gasteiger charge is 2.01. The third kappa shape index (κ3) is 39.2. The van der Waals surface area contributed by atoms with Gasteiger partial charge in [0.15, 0.2) is 0 Å². The molecule has 0 amide bonds. The van der Waals surface area contributed by atoms with E-state index in [4.69, 9.17) is 10.00 Å². The van der Waals surface area contributed by atoms with Crippen molar-refractivity contribution in [1.82, 2.24) is 0 Å². The lowest BCUT2D eigenvalue weighted by Gasteiger charge is -2.05. The van der Waals surface area contributed by atoms with Crippen LogP contribution >= 0.6 is 0 Å². The Kier molecular flexibility index (Phi) is 35.9. The molecule has 0 unspecified atom stereocenters. The van der Waals surface area contributed by atoms with Crippen molar-refractivity contribution in [3.8, 4) is 6.07 Å². The van der Waals surface area contributed by atoms with Crippen molar-refractivity contribution < 1.29 is 19.1 Å². The molecule has 0 heterocycles. The monoisotopic (exact) mass is 491 g/mol. The van der Waals surface area contributed by atoms with Crippen LogP contribution in [-0.2, 0) is 19.1 Å². The van der Waals surface area contributed by atoms with E-state index < -0.39 is 0 Å². The van der Waals surface area contributed by atoms with Gasteiger partial charge in [-0.2, -0.15) is 5.26 Å². The van der Waals surface area contributed by atoms with Crippen LogP contribution < -0.4 is 0 Å². The fourth-order valence-electron chi connectivity index (χ4n) is 3.14. The smallest absolute Gasteiger partial charge is 0.333 e. The van der Waals surface area contributed by atoms with Crippen LogP contribution in [-0.4, -0.2) is 25.2 Å². The fraction of sp³-hybridized carbons (Fsp3) is 0.700. The van der Waals surface area contributed by atoms with E-state index in [1.807, 2.05) is 0 Å². The molecule has 0 aliphatic heterocycles. The highest BCUT2D eigenvalue weighted by atomic mass is 16.5. The van der Waals surface area contributed by atoms with Gasteiger partial charge < -0.3 is 9.47 Å². The Hall–Kier alpha value is -2.35. The van der Waals surface area contributed by atoms with Crippen LogP contribution in [0.5, 0.6) is 0 Å². The minimum atomic E-state index is -0.359. The van der Waals surface area contributed by atoms with Gasteiger partial charge >= 0.3 is 11.9 Å². The first-order chi connectivity index (χ1) is 16.9. The van der Waals surface area contributed by atoms with Crippen LogP contribution in [0.4, 0.5) is 0 Å². The minimum Gasteiger partial charge on any atom is -0.463 e. The van der Waals surface area contributed by atoms with Gasteiger partial charge in [0.1, 0.15) is 0 Å². The van der Waals surface area contributed by atoms with E-state index >= 15 is 0 Å². The molecule has 0 aliphatic carbocycles. The molecular weight excluding hydrogens is 438 g/mol. The standard InChI is InChI=1S/C22H42O2.C5H8O2.C3H3N/c1-4-5-6-7-8-9-10-11-12-13-14-15-16-17-18-19-20-24-22(23)21(2)3;1-3-5(6)7-4-2;1-2-3-4/h2,4-20H2,1,3H3;3H,1,4H2,2H3;2H,1H2. The molecule has 0 aliphatic rings. The summed E-state index contributed by atoms with van der Waals surface area (Å²) in [6.45, 7) is 16.6. The maximum atomic E-state index is 11.2. The summed E-state index contributed by atoms with van der Waals surface area (Å²) in [6.07, 6.45) is 24.1. The van der Waals surface area contributed by atoms with Gasteiger partial charge in [0.25, 0.3) is 0 Å². The molecule has 5 heteroatoms. The highest BCUT2D eigenvalue weighted by Crippen LogP contribution is 2.13. The number of hydrogen-bond acceptors (Lipinski definition) is 5. The first kappa shape index (κ1) is 37.2. The molecule has 0 N–H and O–H groups in total.